The zero-order chi connectivity index (χ0) is 51.4. The minimum atomic E-state index is -1.04. The van der Waals surface area contributed by atoms with Gasteiger partial charge >= 0.3 is 0 Å². The summed E-state index contributed by atoms with van der Waals surface area (Å²) in [5.41, 5.74) is -4.47. The summed E-state index contributed by atoms with van der Waals surface area (Å²) in [5.74, 6) is 0. The van der Waals surface area contributed by atoms with Gasteiger partial charge in [-0.05, 0) is 104 Å². The van der Waals surface area contributed by atoms with Crippen molar-refractivity contribution in [3.05, 3.63) is 157 Å². The van der Waals surface area contributed by atoms with E-state index < -0.39 is 212 Å². The maximum atomic E-state index is 9.58. The monoisotopic (exact) mass is 580 g/mol. The molecule has 0 saturated heterocycles. The summed E-state index contributed by atoms with van der Waals surface area (Å²) in [6.07, 6.45) is 0. The molecular weight excluding hydrogens is 528 g/mol. The average molecular weight is 581 g/mol. The Bertz CT molecular complexity index is 4100. The highest BCUT2D eigenvalue weighted by atomic mass is 14.2. The van der Waals surface area contributed by atoms with E-state index in [9.17, 15) is 12.3 Å². The van der Waals surface area contributed by atoms with Gasteiger partial charge < -0.3 is 0 Å². The first-order valence-electron chi connectivity index (χ1n) is 26.2. The van der Waals surface area contributed by atoms with Crippen LogP contribution in [0.5, 0.6) is 0 Å². The summed E-state index contributed by atoms with van der Waals surface area (Å²) in [6.45, 7) is 0. The van der Waals surface area contributed by atoms with Crippen molar-refractivity contribution < 1.29 is 35.6 Å². The third kappa shape index (κ3) is 3.34. The van der Waals surface area contributed by atoms with Crippen molar-refractivity contribution in [1.29, 1.82) is 0 Å². The van der Waals surface area contributed by atoms with Gasteiger partial charge in [-0.3, -0.25) is 0 Å². The van der Waals surface area contributed by atoms with Crippen LogP contribution in [-0.2, 0) is 0 Å². The van der Waals surface area contributed by atoms with Crippen LogP contribution < -0.4 is 0 Å². The first-order valence-corrected chi connectivity index (χ1v) is 13.2. The highest BCUT2D eigenvalue weighted by molar-refractivity contribution is 6.26. The Labute approximate surface area is 291 Å². The first kappa shape index (κ1) is 9.91. The van der Waals surface area contributed by atoms with Gasteiger partial charge in [0.25, 0.3) is 0 Å². The van der Waals surface area contributed by atoms with E-state index >= 15 is 0 Å². The maximum Gasteiger partial charge on any atom is 0.0636 e. The molecule has 0 fully saturated rings. The highest BCUT2D eigenvalue weighted by Gasteiger charge is 2.14. The SMILES string of the molecule is [2H]c1c([2H])c(-c2c([2H])c([2H])c(-c3c([2H])c([2H])c4c([2H])c([2H])c5c([2H])c([2H])c([2H])c6c([2H])c([2H])c3c4c56)c([2H])c2[2H])c([2H])c(-c2c([2H])c([2H])c3c([2H])c([2H])c4c([2H])c([2H])c([2H])c5c([2H])c([2H])c2c3c45)c1[2H]. The lowest BCUT2D eigenvalue weighted by atomic mass is 9.88. The Morgan fingerprint density at radius 3 is 1.20 bits per heavy atom. The molecule has 0 bridgehead atoms. The van der Waals surface area contributed by atoms with E-state index in [-0.39, 0.29) is 43.1 Å². The van der Waals surface area contributed by atoms with Crippen molar-refractivity contribution in [3.63, 3.8) is 0 Å². The summed E-state index contributed by atoms with van der Waals surface area (Å²) >= 11 is 0. The molecule has 0 amide bonds. The van der Waals surface area contributed by atoms with E-state index in [2.05, 4.69) is 0 Å². The lowest BCUT2D eigenvalue weighted by molar-refractivity contribution is 1.60. The number of hydrogen-bond acceptors (Lipinski definition) is 0. The second-order valence-electron chi connectivity index (χ2n) is 10.0. The standard InChI is InChI=1S/C44H26/c1-4-29-14-16-33-18-22-37(39-24-20-31(6-1)41(29)43(33)39)28-12-10-27(11-13-28)35-8-3-9-36(26-35)38-23-19-34-17-15-30-5-2-7-32-21-25-40(38)44(34)42(30)32/h1-26H/i1D,2D,3D,4D,5D,6D,7D,8D,9D,10D,11D,12D,13D,14D,15D,16D,17D,18D,19D,20D,21D,22D,23D,24D,25D,26D. The van der Waals surface area contributed by atoms with E-state index in [0.29, 0.717) is 0 Å². The minimum absolute atomic E-state index is 0.242. The Morgan fingerprint density at radius 1 is 0.273 bits per heavy atom. The van der Waals surface area contributed by atoms with Crippen molar-refractivity contribution in [2.75, 3.05) is 0 Å². The third-order valence-corrected chi connectivity index (χ3v) is 7.62. The summed E-state index contributed by atoms with van der Waals surface area (Å²) in [6, 6.07) is -21.4. The van der Waals surface area contributed by atoms with Crippen LogP contribution in [0, 0.1) is 0 Å². The van der Waals surface area contributed by atoms with E-state index in [1.807, 2.05) is 0 Å². The lowest BCUT2D eigenvalue weighted by Gasteiger charge is -2.15. The Balaban J connectivity index is 1.34. The second-order valence-corrected chi connectivity index (χ2v) is 10.0. The van der Waals surface area contributed by atoms with Gasteiger partial charge in [-0.25, -0.2) is 0 Å². The van der Waals surface area contributed by atoms with E-state index in [1.165, 1.54) is 0 Å². The Kier molecular flexibility index (Phi) is 2.00. The molecule has 0 nitrogen and oxygen atoms in total. The molecule has 0 spiro atoms. The van der Waals surface area contributed by atoms with Gasteiger partial charge in [-0.1, -0.05) is 151 Å². The van der Waals surface area contributed by atoms with Crippen molar-refractivity contribution in [3.8, 4) is 33.4 Å². The lowest BCUT2D eigenvalue weighted by Crippen LogP contribution is -1.88. The summed E-state index contributed by atoms with van der Waals surface area (Å²) in [4.78, 5) is 0. The van der Waals surface area contributed by atoms with Crippen LogP contribution in [0.15, 0.2) is 157 Å². The van der Waals surface area contributed by atoms with Crippen LogP contribution in [0.3, 0.4) is 0 Å². The number of benzene rings is 10. The zero-order valence-corrected chi connectivity index (χ0v) is 22.0. The molecule has 0 aliphatic heterocycles. The minimum Gasteiger partial charge on any atom is -0.0610 e. The zero-order valence-electron chi connectivity index (χ0n) is 48.0. The fraction of sp³-hybridized carbons (Fsp3) is 0. The molecule has 0 atom stereocenters. The molecule has 0 aliphatic rings. The molecule has 0 radical (unpaired) electrons. The molecule has 10 aromatic carbocycles. The molecule has 44 heavy (non-hydrogen) atoms. The molecule has 10 rings (SSSR count). The van der Waals surface area contributed by atoms with Crippen LogP contribution in [0.25, 0.3) is 98.0 Å². The highest BCUT2D eigenvalue weighted by Crippen LogP contribution is 2.41. The van der Waals surface area contributed by atoms with E-state index in [1.54, 1.807) is 0 Å². The molecule has 0 N–H and O–H groups in total. The largest absolute Gasteiger partial charge is 0.0636 e. The predicted octanol–water partition coefficient (Wildman–Crippen LogP) is 12.5. The molecular formula is C44H26. The van der Waals surface area contributed by atoms with Gasteiger partial charge in [0.1, 0.15) is 0 Å². The smallest absolute Gasteiger partial charge is 0.0610 e. The van der Waals surface area contributed by atoms with Crippen LogP contribution in [0.1, 0.15) is 35.6 Å². The van der Waals surface area contributed by atoms with Crippen LogP contribution >= 0.6 is 0 Å². The molecule has 0 saturated carbocycles. The normalized spacial score (nSPS) is 20.4. The molecule has 0 unspecified atom stereocenters. The van der Waals surface area contributed by atoms with Crippen molar-refractivity contribution in [2.45, 2.75) is 0 Å². The maximum absolute atomic E-state index is 9.58. The fourth-order valence-electron chi connectivity index (χ4n) is 5.66. The van der Waals surface area contributed by atoms with Crippen molar-refractivity contribution in [2.24, 2.45) is 0 Å². The van der Waals surface area contributed by atoms with Crippen molar-refractivity contribution in [1.82, 2.24) is 0 Å². The average Bonchev–Trinajstić information content (AvgIpc) is 3.31. The van der Waals surface area contributed by atoms with Gasteiger partial charge in [0, 0.05) is 0 Å². The first-order chi connectivity index (χ1) is 32.7. The predicted molar refractivity (Wildman–Crippen MR) is 190 cm³/mol. The topological polar surface area (TPSA) is 0 Å². The molecule has 0 aliphatic carbocycles. The van der Waals surface area contributed by atoms with Crippen LogP contribution in [-0.4, -0.2) is 0 Å². The van der Waals surface area contributed by atoms with E-state index in [4.69, 9.17) is 23.3 Å². The quantitative estimate of drug-likeness (QED) is 0.182. The Morgan fingerprint density at radius 2 is 0.659 bits per heavy atom. The van der Waals surface area contributed by atoms with Gasteiger partial charge in [0.05, 0.1) is 35.6 Å². The third-order valence-electron chi connectivity index (χ3n) is 7.62. The molecule has 0 heterocycles. The molecule has 202 valence electrons. The summed E-state index contributed by atoms with van der Waals surface area (Å²) < 4.78 is 234. The van der Waals surface area contributed by atoms with Gasteiger partial charge in [0.15, 0.2) is 0 Å². The van der Waals surface area contributed by atoms with Crippen LogP contribution in [0.4, 0.5) is 0 Å². The van der Waals surface area contributed by atoms with Gasteiger partial charge in [-0.15, -0.1) is 0 Å². The fourth-order valence-corrected chi connectivity index (χ4v) is 5.66. The van der Waals surface area contributed by atoms with Crippen LogP contribution in [0.2, 0.25) is 0 Å². The van der Waals surface area contributed by atoms with Gasteiger partial charge in [0.2, 0.25) is 0 Å². The summed E-state index contributed by atoms with van der Waals surface area (Å²) in [7, 11) is 0. The van der Waals surface area contributed by atoms with E-state index in [0.717, 1.165) is 0 Å². The molecule has 10 aromatic rings. The van der Waals surface area contributed by atoms with Crippen molar-refractivity contribution >= 4 is 64.6 Å². The number of rotatable bonds is 3. The van der Waals surface area contributed by atoms with Gasteiger partial charge in [-0.2, -0.15) is 0 Å². The number of hydrogen-bond donors (Lipinski definition) is 0. The summed E-state index contributed by atoms with van der Waals surface area (Å²) in [5, 5.41) is -4.43. The Hall–Kier alpha value is -5.72. The molecule has 0 aromatic heterocycles. The second kappa shape index (κ2) is 8.89. The molecule has 0 heteroatoms.